The van der Waals surface area contributed by atoms with E-state index in [1.54, 1.807) is 11.3 Å². The second-order valence-electron chi connectivity index (χ2n) is 11.3. The normalized spacial score (nSPS) is 16.3. The third-order valence-electron chi connectivity index (χ3n) is 7.21. The van der Waals surface area contributed by atoms with Crippen molar-refractivity contribution in [3.8, 4) is 0 Å². The van der Waals surface area contributed by atoms with E-state index < -0.39 is 0 Å². The molecule has 0 saturated carbocycles. The average molecular weight is 480 g/mol. The Morgan fingerprint density at radius 3 is 2.41 bits per heavy atom. The fraction of sp³-hybridized carbons (Fsp3) is 0.536. The second-order valence-corrected chi connectivity index (χ2v) is 12.4. The Balaban J connectivity index is 1.63. The van der Waals surface area contributed by atoms with Crippen molar-refractivity contribution in [1.29, 1.82) is 0 Å². The summed E-state index contributed by atoms with van der Waals surface area (Å²) in [5.41, 5.74) is 4.40. The molecule has 1 aliphatic carbocycles. The van der Waals surface area contributed by atoms with E-state index in [0.717, 1.165) is 46.5 Å². The zero-order chi connectivity index (χ0) is 24.8. The van der Waals surface area contributed by atoms with Gasteiger partial charge in [0.2, 0.25) is 5.91 Å². The molecule has 0 fully saturated rings. The molecule has 1 atom stereocenters. The predicted molar refractivity (Wildman–Crippen MR) is 142 cm³/mol. The van der Waals surface area contributed by atoms with Gasteiger partial charge in [0.05, 0.1) is 11.7 Å². The number of rotatable bonds is 5. The van der Waals surface area contributed by atoms with E-state index in [1.165, 1.54) is 15.8 Å². The maximum Gasteiger partial charge on any atom is 0.262 e. The Morgan fingerprint density at radius 2 is 1.82 bits per heavy atom. The third-order valence-corrected chi connectivity index (χ3v) is 8.37. The number of aryl methyl sites for hydroxylation is 1. The molecule has 1 amide bonds. The Hall–Kier alpha value is -2.47. The minimum Gasteiger partial charge on any atom is -0.324 e. The second kappa shape index (κ2) is 9.29. The van der Waals surface area contributed by atoms with Crippen LogP contribution in [0.2, 0.25) is 0 Å². The summed E-state index contributed by atoms with van der Waals surface area (Å²) >= 11 is 1.65. The number of thiophene rings is 1. The van der Waals surface area contributed by atoms with Crippen LogP contribution in [0.3, 0.4) is 0 Å². The number of carbonyl (C=O) groups excluding carboxylic acids is 1. The standard InChI is InChI=1S/C28H37N3O2S/c1-16(2)19-9-8-10-20(17(3)4)25(19)30-23(32)14-31-15-29-26-24(27(31)33)21-12-11-18(28(5,6)7)13-22(21)34-26/h8-10,15-18H,11-14H2,1-7H3,(H,30,32). The molecule has 0 spiro atoms. The number of nitrogens with zero attached hydrogens (tertiary/aromatic N) is 2. The molecule has 1 aliphatic rings. The molecular formula is C28H37N3O2S. The SMILES string of the molecule is CC(C)c1cccc(C(C)C)c1NC(=O)Cn1cnc2sc3c(c2c1=O)CCC(C(C)(C)C)C3. The first-order valence-corrected chi connectivity index (χ1v) is 13.2. The first-order valence-electron chi connectivity index (χ1n) is 12.4. The molecule has 34 heavy (non-hydrogen) atoms. The van der Waals surface area contributed by atoms with Gasteiger partial charge in [0, 0.05) is 10.6 Å². The van der Waals surface area contributed by atoms with Crippen LogP contribution in [0.25, 0.3) is 10.2 Å². The average Bonchev–Trinajstić information content (AvgIpc) is 3.13. The third kappa shape index (κ3) is 4.70. The van der Waals surface area contributed by atoms with Crippen molar-refractivity contribution in [2.24, 2.45) is 11.3 Å². The van der Waals surface area contributed by atoms with Crippen molar-refractivity contribution in [3.63, 3.8) is 0 Å². The van der Waals surface area contributed by atoms with Gasteiger partial charge < -0.3 is 5.32 Å². The highest BCUT2D eigenvalue weighted by atomic mass is 32.1. The van der Waals surface area contributed by atoms with E-state index in [1.807, 2.05) is 6.07 Å². The fourth-order valence-electron chi connectivity index (χ4n) is 5.08. The maximum atomic E-state index is 13.4. The van der Waals surface area contributed by atoms with Crippen LogP contribution in [0.4, 0.5) is 5.69 Å². The molecule has 0 bridgehead atoms. The zero-order valence-electron chi connectivity index (χ0n) is 21.5. The number of hydrogen-bond donors (Lipinski definition) is 1. The van der Waals surface area contributed by atoms with Crippen LogP contribution in [0, 0.1) is 11.3 Å². The Labute approximate surface area is 206 Å². The molecule has 2 aromatic heterocycles. The lowest BCUT2D eigenvalue weighted by Gasteiger charge is -2.33. The van der Waals surface area contributed by atoms with E-state index in [0.29, 0.717) is 11.3 Å². The molecule has 1 N–H and O–H groups in total. The summed E-state index contributed by atoms with van der Waals surface area (Å²) in [5.74, 6) is 0.973. The van der Waals surface area contributed by atoms with Crippen molar-refractivity contribution < 1.29 is 4.79 Å². The molecular weight excluding hydrogens is 442 g/mol. The number of benzene rings is 1. The molecule has 6 heteroatoms. The molecule has 4 rings (SSSR count). The lowest BCUT2D eigenvalue weighted by molar-refractivity contribution is -0.116. The number of anilines is 1. The molecule has 0 aliphatic heterocycles. The molecule has 0 radical (unpaired) electrons. The van der Waals surface area contributed by atoms with Crippen LogP contribution in [0.5, 0.6) is 0 Å². The van der Waals surface area contributed by atoms with Gasteiger partial charge in [-0.2, -0.15) is 0 Å². The van der Waals surface area contributed by atoms with Gasteiger partial charge >= 0.3 is 0 Å². The molecule has 5 nitrogen and oxygen atoms in total. The Kier molecular flexibility index (Phi) is 6.74. The number of aromatic nitrogens is 2. The first-order chi connectivity index (χ1) is 16.0. The number of amides is 1. The molecule has 1 unspecified atom stereocenters. The van der Waals surface area contributed by atoms with Crippen LogP contribution >= 0.6 is 11.3 Å². The van der Waals surface area contributed by atoms with Crippen molar-refractivity contribution in [3.05, 3.63) is 56.4 Å². The summed E-state index contributed by atoms with van der Waals surface area (Å²) in [4.78, 5) is 33.2. The van der Waals surface area contributed by atoms with Crippen molar-refractivity contribution in [1.82, 2.24) is 9.55 Å². The fourth-order valence-corrected chi connectivity index (χ4v) is 6.34. The summed E-state index contributed by atoms with van der Waals surface area (Å²) in [6.07, 6.45) is 4.53. The van der Waals surface area contributed by atoms with E-state index in [4.69, 9.17) is 0 Å². The van der Waals surface area contributed by atoms with Gasteiger partial charge in [0.15, 0.2) is 0 Å². The van der Waals surface area contributed by atoms with Crippen LogP contribution in [-0.4, -0.2) is 15.5 Å². The quantitative estimate of drug-likeness (QED) is 0.455. The van der Waals surface area contributed by atoms with Crippen molar-refractivity contribution in [2.45, 2.75) is 86.1 Å². The van der Waals surface area contributed by atoms with Crippen LogP contribution in [0.15, 0.2) is 29.3 Å². The van der Waals surface area contributed by atoms with Gasteiger partial charge in [-0.15, -0.1) is 11.3 Å². The Morgan fingerprint density at radius 1 is 1.18 bits per heavy atom. The van der Waals surface area contributed by atoms with E-state index >= 15 is 0 Å². The van der Waals surface area contributed by atoms with Crippen molar-refractivity contribution in [2.75, 3.05) is 5.32 Å². The van der Waals surface area contributed by atoms with Gasteiger partial charge in [-0.25, -0.2) is 4.98 Å². The highest BCUT2D eigenvalue weighted by Crippen LogP contribution is 2.42. The van der Waals surface area contributed by atoms with Gasteiger partial charge in [0.1, 0.15) is 11.4 Å². The van der Waals surface area contributed by atoms with E-state index in [-0.39, 0.29) is 35.3 Å². The lowest BCUT2D eigenvalue weighted by atomic mass is 9.72. The largest absolute Gasteiger partial charge is 0.324 e. The number of fused-ring (bicyclic) bond motifs is 3. The number of hydrogen-bond acceptors (Lipinski definition) is 4. The molecule has 182 valence electrons. The summed E-state index contributed by atoms with van der Waals surface area (Å²) in [5, 5.41) is 3.84. The number of carbonyl (C=O) groups is 1. The van der Waals surface area contributed by atoms with Crippen molar-refractivity contribution >= 4 is 33.1 Å². The lowest BCUT2D eigenvalue weighted by Crippen LogP contribution is -2.29. The van der Waals surface area contributed by atoms with Gasteiger partial charge in [-0.05, 0) is 59.1 Å². The minimum atomic E-state index is -0.199. The molecule has 3 aromatic rings. The van der Waals surface area contributed by atoms with Gasteiger partial charge in [0.25, 0.3) is 5.56 Å². The molecule has 1 aromatic carbocycles. The summed E-state index contributed by atoms with van der Waals surface area (Å²) in [7, 11) is 0. The highest BCUT2D eigenvalue weighted by molar-refractivity contribution is 7.18. The summed E-state index contributed by atoms with van der Waals surface area (Å²) < 4.78 is 1.47. The predicted octanol–water partition coefficient (Wildman–Crippen LogP) is 6.49. The molecule has 0 saturated heterocycles. The van der Waals surface area contributed by atoms with Crippen LogP contribution in [-0.2, 0) is 24.2 Å². The first kappa shape index (κ1) is 24.6. The van der Waals surface area contributed by atoms with Gasteiger partial charge in [-0.1, -0.05) is 66.7 Å². The number of nitrogens with one attached hydrogen (secondary N) is 1. The maximum absolute atomic E-state index is 13.4. The summed E-state index contributed by atoms with van der Waals surface area (Å²) in [6, 6.07) is 6.18. The van der Waals surface area contributed by atoms with E-state index in [9.17, 15) is 9.59 Å². The number of para-hydroxylation sites is 1. The van der Waals surface area contributed by atoms with Crippen LogP contribution < -0.4 is 10.9 Å². The monoisotopic (exact) mass is 479 g/mol. The van der Waals surface area contributed by atoms with Gasteiger partial charge in [-0.3, -0.25) is 14.2 Å². The zero-order valence-corrected chi connectivity index (χ0v) is 22.3. The van der Waals surface area contributed by atoms with Crippen LogP contribution in [0.1, 0.15) is 88.3 Å². The molecule has 2 heterocycles. The summed E-state index contributed by atoms with van der Waals surface area (Å²) in [6.45, 7) is 15.3. The highest BCUT2D eigenvalue weighted by Gasteiger charge is 2.31. The van der Waals surface area contributed by atoms with E-state index in [2.05, 4.69) is 70.9 Å². The smallest absolute Gasteiger partial charge is 0.262 e. The Bertz CT molecular complexity index is 1250. The topological polar surface area (TPSA) is 64.0 Å². The minimum absolute atomic E-state index is 0.0407.